The average Bonchev–Trinajstić information content (AvgIpc) is 2.89. The lowest BCUT2D eigenvalue weighted by Gasteiger charge is -2.26. The molecule has 19 heavy (non-hydrogen) atoms. The number of nitriles is 1. The van der Waals surface area contributed by atoms with Gasteiger partial charge >= 0.3 is 0 Å². The fourth-order valence-electron chi connectivity index (χ4n) is 2.89. The summed E-state index contributed by atoms with van der Waals surface area (Å²) in [5, 5.41) is 9.30. The molecule has 0 radical (unpaired) electrons. The Balaban J connectivity index is 2.18. The highest BCUT2D eigenvalue weighted by Gasteiger charge is 2.28. The van der Waals surface area contributed by atoms with E-state index in [4.69, 9.17) is 0 Å². The van der Waals surface area contributed by atoms with Gasteiger partial charge in [0.1, 0.15) is 11.9 Å². The first-order valence-electron chi connectivity index (χ1n) is 7.05. The van der Waals surface area contributed by atoms with Crippen LogP contribution in [-0.4, -0.2) is 42.1 Å². The summed E-state index contributed by atoms with van der Waals surface area (Å²) in [5.74, 6) is 0.858. The fourth-order valence-corrected chi connectivity index (χ4v) is 2.89. The van der Waals surface area contributed by atoms with Crippen LogP contribution in [0.25, 0.3) is 0 Å². The minimum Gasteiger partial charge on any atom is -0.354 e. The maximum Gasteiger partial charge on any atom is 0.146 e. The van der Waals surface area contributed by atoms with Crippen LogP contribution in [0.4, 0.5) is 5.82 Å². The SMILES string of the molecule is CCN(CC)C1CCN(c2nccc(C)c2C#N)C1. The summed E-state index contributed by atoms with van der Waals surface area (Å²) in [6, 6.07) is 4.78. The van der Waals surface area contributed by atoms with Crippen LogP contribution in [0.2, 0.25) is 0 Å². The summed E-state index contributed by atoms with van der Waals surface area (Å²) in [6.45, 7) is 10.5. The van der Waals surface area contributed by atoms with E-state index in [1.165, 1.54) is 0 Å². The molecule has 0 aromatic carbocycles. The van der Waals surface area contributed by atoms with Crippen molar-refractivity contribution in [1.29, 1.82) is 5.26 Å². The third-order valence-electron chi connectivity index (χ3n) is 4.04. The molecule has 1 aromatic rings. The second-order valence-corrected chi connectivity index (χ2v) is 5.05. The maximum atomic E-state index is 9.30. The Bertz CT molecular complexity index is 474. The summed E-state index contributed by atoms with van der Waals surface area (Å²) in [5.41, 5.74) is 1.74. The van der Waals surface area contributed by atoms with Crippen molar-refractivity contribution >= 4 is 5.82 Å². The molecule has 0 N–H and O–H groups in total. The topological polar surface area (TPSA) is 43.2 Å². The van der Waals surface area contributed by atoms with Crippen molar-refractivity contribution in [3.8, 4) is 6.07 Å². The monoisotopic (exact) mass is 258 g/mol. The molecule has 1 aromatic heterocycles. The average molecular weight is 258 g/mol. The van der Waals surface area contributed by atoms with E-state index in [0.29, 0.717) is 6.04 Å². The number of hydrogen-bond acceptors (Lipinski definition) is 4. The van der Waals surface area contributed by atoms with Crippen LogP contribution in [0.1, 0.15) is 31.4 Å². The molecular weight excluding hydrogens is 236 g/mol. The quantitative estimate of drug-likeness (QED) is 0.830. The van der Waals surface area contributed by atoms with E-state index in [2.05, 4.69) is 34.7 Å². The van der Waals surface area contributed by atoms with Crippen molar-refractivity contribution in [1.82, 2.24) is 9.88 Å². The summed E-state index contributed by atoms with van der Waals surface area (Å²) in [4.78, 5) is 9.17. The number of likely N-dealkylation sites (N-methyl/N-ethyl adjacent to an activating group) is 1. The van der Waals surface area contributed by atoms with Crippen molar-refractivity contribution in [2.24, 2.45) is 0 Å². The molecule has 2 heterocycles. The Kier molecular flexibility index (Phi) is 4.39. The molecule has 1 aliphatic rings. The first kappa shape index (κ1) is 13.8. The first-order valence-corrected chi connectivity index (χ1v) is 7.05. The molecule has 0 amide bonds. The van der Waals surface area contributed by atoms with E-state index in [1.807, 2.05) is 13.0 Å². The largest absolute Gasteiger partial charge is 0.354 e. The third-order valence-corrected chi connectivity index (χ3v) is 4.04. The van der Waals surface area contributed by atoms with Crippen LogP contribution in [0.3, 0.4) is 0 Å². The Labute approximate surface area is 115 Å². The molecule has 1 unspecified atom stereocenters. The Morgan fingerprint density at radius 2 is 2.21 bits per heavy atom. The van der Waals surface area contributed by atoms with Crippen molar-refractivity contribution in [3.63, 3.8) is 0 Å². The molecule has 0 spiro atoms. The van der Waals surface area contributed by atoms with Gasteiger partial charge in [0.2, 0.25) is 0 Å². The molecule has 1 atom stereocenters. The Morgan fingerprint density at radius 3 is 2.84 bits per heavy atom. The van der Waals surface area contributed by atoms with Crippen molar-refractivity contribution in [2.75, 3.05) is 31.1 Å². The van der Waals surface area contributed by atoms with Gasteiger partial charge in [0.25, 0.3) is 0 Å². The molecule has 1 saturated heterocycles. The van der Waals surface area contributed by atoms with E-state index in [0.717, 1.165) is 49.5 Å². The standard InChI is InChI=1S/C15H22N4/c1-4-18(5-2)13-7-9-19(11-13)15-14(10-16)12(3)6-8-17-15/h6,8,13H,4-5,7,9,11H2,1-3H3. The highest BCUT2D eigenvalue weighted by molar-refractivity contribution is 5.57. The number of aromatic nitrogens is 1. The summed E-state index contributed by atoms with van der Waals surface area (Å²) in [6.07, 6.45) is 2.96. The number of hydrogen-bond donors (Lipinski definition) is 0. The predicted octanol–water partition coefficient (Wildman–Crippen LogP) is 2.18. The third kappa shape index (κ3) is 2.71. The molecule has 0 saturated carbocycles. The zero-order valence-corrected chi connectivity index (χ0v) is 12.1. The molecule has 1 aliphatic heterocycles. The van der Waals surface area contributed by atoms with E-state index >= 15 is 0 Å². The van der Waals surface area contributed by atoms with Crippen molar-refractivity contribution in [2.45, 2.75) is 33.2 Å². The number of anilines is 1. The van der Waals surface area contributed by atoms with Gasteiger partial charge in [-0.2, -0.15) is 5.26 Å². The summed E-state index contributed by atoms with van der Waals surface area (Å²) in [7, 11) is 0. The molecule has 4 heteroatoms. The smallest absolute Gasteiger partial charge is 0.146 e. The number of rotatable bonds is 4. The van der Waals surface area contributed by atoms with Gasteiger partial charge in [-0.05, 0) is 38.1 Å². The van der Waals surface area contributed by atoms with Gasteiger partial charge in [0.15, 0.2) is 0 Å². The van der Waals surface area contributed by atoms with Gasteiger partial charge < -0.3 is 4.90 Å². The van der Waals surface area contributed by atoms with Crippen LogP contribution < -0.4 is 4.90 Å². The van der Waals surface area contributed by atoms with Crippen LogP contribution in [0.5, 0.6) is 0 Å². The van der Waals surface area contributed by atoms with E-state index in [1.54, 1.807) is 6.20 Å². The van der Waals surface area contributed by atoms with Gasteiger partial charge in [0, 0.05) is 25.3 Å². The fraction of sp³-hybridized carbons (Fsp3) is 0.600. The molecule has 1 fully saturated rings. The minimum absolute atomic E-state index is 0.587. The van der Waals surface area contributed by atoms with Crippen LogP contribution >= 0.6 is 0 Å². The van der Waals surface area contributed by atoms with Crippen molar-refractivity contribution in [3.05, 3.63) is 23.4 Å². The zero-order chi connectivity index (χ0) is 13.8. The zero-order valence-electron chi connectivity index (χ0n) is 12.1. The van der Waals surface area contributed by atoms with Crippen LogP contribution in [0, 0.1) is 18.3 Å². The van der Waals surface area contributed by atoms with E-state index < -0.39 is 0 Å². The van der Waals surface area contributed by atoms with Crippen molar-refractivity contribution < 1.29 is 0 Å². The number of aryl methyl sites for hydroxylation is 1. The Hall–Kier alpha value is -1.60. The number of nitrogens with zero attached hydrogens (tertiary/aromatic N) is 4. The summed E-state index contributed by atoms with van der Waals surface area (Å²) < 4.78 is 0. The first-order chi connectivity index (χ1) is 9.21. The maximum absolute atomic E-state index is 9.30. The molecule has 4 nitrogen and oxygen atoms in total. The molecule has 2 rings (SSSR count). The lowest BCUT2D eigenvalue weighted by Crippen LogP contribution is -2.37. The van der Waals surface area contributed by atoms with Gasteiger partial charge in [-0.3, -0.25) is 4.90 Å². The van der Waals surface area contributed by atoms with Gasteiger partial charge in [0.05, 0.1) is 5.56 Å². The lowest BCUT2D eigenvalue weighted by molar-refractivity contribution is 0.232. The lowest BCUT2D eigenvalue weighted by atomic mass is 10.1. The highest BCUT2D eigenvalue weighted by Crippen LogP contribution is 2.25. The van der Waals surface area contributed by atoms with Crippen LogP contribution in [-0.2, 0) is 0 Å². The predicted molar refractivity (Wildman–Crippen MR) is 77.2 cm³/mol. The molecule has 0 aliphatic carbocycles. The normalized spacial score (nSPS) is 18.9. The van der Waals surface area contributed by atoms with E-state index in [-0.39, 0.29) is 0 Å². The molecular formula is C15H22N4. The van der Waals surface area contributed by atoms with Gasteiger partial charge in [-0.1, -0.05) is 13.8 Å². The van der Waals surface area contributed by atoms with Gasteiger partial charge in [-0.15, -0.1) is 0 Å². The highest BCUT2D eigenvalue weighted by atomic mass is 15.3. The molecule has 0 bridgehead atoms. The second-order valence-electron chi connectivity index (χ2n) is 5.05. The number of pyridine rings is 1. The van der Waals surface area contributed by atoms with Gasteiger partial charge in [-0.25, -0.2) is 4.98 Å². The summed E-state index contributed by atoms with van der Waals surface area (Å²) >= 11 is 0. The van der Waals surface area contributed by atoms with Crippen LogP contribution in [0.15, 0.2) is 12.3 Å². The Morgan fingerprint density at radius 1 is 1.47 bits per heavy atom. The minimum atomic E-state index is 0.587. The second kappa shape index (κ2) is 6.03. The van der Waals surface area contributed by atoms with E-state index in [9.17, 15) is 5.26 Å². The molecule has 102 valence electrons.